The molecule has 96 valence electrons. The van der Waals surface area contributed by atoms with Gasteiger partial charge in [-0.1, -0.05) is 50.1 Å². The zero-order valence-electron chi connectivity index (χ0n) is 9.78. The van der Waals surface area contributed by atoms with Crippen LogP contribution in [0, 0.1) is 5.82 Å². The van der Waals surface area contributed by atoms with Crippen molar-refractivity contribution in [3.8, 4) is 0 Å². The Hall–Kier alpha value is -0.750. The van der Waals surface area contributed by atoms with E-state index in [0.29, 0.717) is 12.1 Å². The van der Waals surface area contributed by atoms with Crippen LogP contribution >= 0.6 is 31.9 Å². The first-order chi connectivity index (χ1) is 8.60. The van der Waals surface area contributed by atoms with Crippen molar-refractivity contribution in [2.45, 2.75) is 24.7 Å². The van der Waals surface area contributed by atoms with Crippen LogP contribution in [0.5, 0.6) is 0 Å². The Labute approximate surface area is 122 Å². The van der Waals surface area contributed by atoms with E-state index in [-0.39, 0.29) is 10.6 Å². The fourth-order valence-electron chi connectivity index (χ4n) is 1.57. The van der Waals surface area contributed by atoms with Gasteiger partial charge in [0.15, 0.2) is 0 Å². The summed E-state index contributed by atoms with van der Waals surface area (Å²) in [7, 11) is 0. The first kappa shape index (κ1) is 13.7. The van der Waals surface area contributed by atoms with E-state index in [1.54, 1.807) is 10.7 Å². The van der Waals surface area contributed by atoms with Gasteiger partial charge in [-0.3, -0.25) is 0 Å². The van der Waals surface area contributed by atoms with E-state index in [2.05, 4.69) is 49.1 Å². The summed E-state index contributed by atoms with van der Waals surface area (Å²) in [6.45, 7) is 2.45. The van der Waals surface area contributed by atoms with Gasteiger partial charge < -0.3 is 0 Å². The molecule has 1 aromatic heterocycles. The predicted octanol–water partition coefficient (Wildman–Crippen LogP) is 4.07. The Morgan fingerprint density at radius 1 is 1.44 bits per heavy atom. The van der Waals surface area contributed by atoms with Gasteiger partial charge in [0.05, 0.1) is 17.1 Å². The molecule has 1 atom stereocenters. The van der Waals surface area contributed by atoms with Crippen molar-refractivity contribution in [2.24, 2.45) is 0 Å². The molecular formula is C12H12Br2FN3. The molecule has 3 nitrogen and oxygen atoms in total. The van der Waals surface area contributed by atoms with Gasteiger partial charge in [0, 0.05) is 16.2 Å². The number of halogens is 3. The third-order valence-electron chi connectivity index (χ3n) is 2.58. The maximum Gasteiger partial charge on any atom is 0.129 e. The monoisotopic (exact) mass is 375 g/mol. The standard InChI is InChI=1S/C12H12Br2FN3/c1-2-10(14)12-7-18(17-16-12)6-8-3-4-9(13)5-11(8)15/h3-5,7,10H,2,6H2,1H3. The normalized spacial score (nSPS) is 12.7. The third-order valence-corrected chi connectivity index (χ3v) is 4.19. The van der Waals surface area contributed by atoms with E-state index < -0.39 is 0 Å². The molecule has 6 heteroatoms. The van der Waals surface area contributed by atoms with Gasteiger partial charge in [0.1, 0.15) is 5.82 Å². The Morgan fingerprint density at radius 3 is 2.89 bits per heavy atom. The SMILES string of the molecule is CCC(Br)c1cn(Cc2ccc(Br)cc2F)nn1. The second-order valence-electron chi connectivity index (χ2n) is 3.95. The molecule has 2 rings (SSSR count). The molecule has 0 aliphatic carbocycles. The quantitative estimate of drug-likeness (QED) is 0.753. The minimum atomic E-state index is -0.243. The van der Waals surface area contributed by atoms with E-state index in [1.807, 2.05) is 12.3 Å². The molecule has 2 aromatic rings. The molecule has 1 heterocycles. The number of hydrogen-bond acceptors (Lipinski definition) is 2. The molecule has 18 heavy (non-hydrogen) atoms. The van der Waals surface area contributed by atoms with Crippen LogP contribution in [0.3, 0.4) is 0 Å². The van der Waals surface area contributed by atoms with Crippen LogP contribution in [0.25, 0.3) is 0 Å². The third kappa shape index (κ3) is 3.17. The van der Waals surface area contributed by atoms with Crippen LogP contribution in [0.2, 0.25) is 0 Å². The second kappa shape index (κ2) is 5.93. The van der Waals surface area contributed by atoms with Crippen LogP contribution in [0.4, 0.5) is 4.39 Å². The van der Waals surface area contributed by atoms with Gasteiger partial charge in [-0.05, 0) is 18.6 Å². The van der Waals surface area contributed by atoms with Crippen LogP contribution in [-0.2, 0) is 6.54 Å². The van der Waals surface area contributed by atoms with Crippen molar-refractivity contribution >= 4 is 31.9 Å². The Kier molecular flexibility index (Phi) is 4.50. The number of benzene rings is 1. The Morgan fingerprint density at radius 2 is 2.22 bits per heavy atom. The number of nitrogens with zero attached hydrogens (tertiary/aromatic N) is 3. The predicted molar refractivity (Wildman–Crippen MR) is 75.2 cm³/mol. The van der Waals surface area contributed by atoms with Crippen LogP contribution in [0.15, 0.2) is 28.9 Å². The van der Waals surface area contributed by atoms with Gasteiger partial charge in [0.25, 0.3) is 0 Å². The topological polar surface area (TPSA) is 30.7 Å². The number of alkyl halides is 1. The van der Waals surface area contributed by atoms with Crippen LogP contribution < -0.4 is 0 Å². The molecule has 0 N–H and O–H groups in total. The van der Waals surface area contributed by atoms with Crippen molar-refractivity contribution in [1.82, 2.24) is 15.0 Å². The highest BCUT2D eigenvalue weighted by Gasteiger charge is 2.10. The molecule has 0 amide bonds. The summed E-state index contributed by atoms with van der Waals surface area (Å²) in [6, 6.07) is 5.01. The largest absolute Gasteiger partial charge is 0.248 e. The van der Waals surface area contributed by atoms with E-state index >= 15 is 0 Å². The lowest BCUT2D eigenvalue weighted by molar-refractivity contribution is 0.576. The summed E-state index contributed by atoms with van der Waals surface area (Å²) in [4.78, 5) is 0.195. The van der Waals surface area contributed by atoms with E-state index in [4.69, 9.17) is 0 Å². The van der Waals surface area contributed by atoms with E-state index in [9.17, 15) is 4.39 Å². The van der Waals surface area contributed by atoms with E-state index in [1.165, 1.54) is 6.07 Å². The zero-order chi connectivity index (χ0) is 13.1. The highest BCUT2D eigenvalue weighted by atomic mass is 79.9. The summed E-state index contributed by atoms with van der Waals surface area (Å²) in [5.41, 5.74) is 1.47. The highest BCUT2D eigenvalue weighted by Crippen LogP contribution is 2.23. The summed E-state index contributed by atoms with van der Waals surface area (Å²) in [6.07, 6.45) is 2.77. The average molecular weight is 377 g/mol. The molecule has 0 bridgehead atoms. The minimum absolute atomic E-state index is 0.195. The molecule has 0 spiro atoms. The van der Waals surface area contributed by atoms with E-state index in [0.717, 1.165) is 16.6 Å². The summed E-state index contributed by atoms with van der Waals surface area (Å²) >= 11 is 6.74. The smallest absolute Gasteiger partial charge is 0.129 e. The maximum atomic E-state index is 13.7. The average Bonchev–Trinajstić information content (AvgIpc) is 2.80. The summed E-state index contributed by atoms with van der Waals surface area (Å²) in [5, 5.41) is 8.07. The van der Waals surface area contributed by atoms with Crippen molar-refractivity contribution in [3.05, 3.63) is 45.9 Å². The Bertz CT molecular complexity index is 542. The number of aromatic nitrogens is 3. The minimum Gasteiger partial charge on any atom is -0.248 e. The van der Waals surface area contributed by atoms with Gasteiger partial charge in [-0.15, -0.1) is 5.10 Å². The molecule has 0 aliphatic heterocycles. The fraction of sp³-hybridized carbons (Fsp3) is 0.333. The Balaban J connectivity index is 2.16. The van der Waals surface area contributed by atoms with Gasteiger partial charge in [0.2, 0.25) is 0 Å². The lowest BCUT2D eigenvalue weighted by Crippen LogP contribution is -2.02. The van der Waals surface area contributed by atoms with Crippen molar-refractivity contribution in [3.63, 3.8) is 0 Å². The maximum absolute atomic E-state index is 13.7. The van der Waals surface area contributed by atoms with Crippen molar-refractivity contribution < 1.29 is 4.39 Å². The van der Waals surface area contributed by atoms with Crippen molar-refractivity contribution in [2.75, 3.05) is 0 Å². The molecule has 0 radical (unpaired) electrons. The van der Waals surface area contributed by atoms with Crippen LogP contribution in [0.1, 0.15) is 29.4 Å². The first-order valence-electron chi connectivity index (χ1n) is 5.58. The van der Waals surface area contributed by atoms with Gasteiger partial charge in [-0.25, -0.2) is 9.07 Å². The molecular weight excluding hydrogens is 365 g/mol. The van der Waals surface area contributed by atoms with Gasteiger partial charge >= 0.3 is 0 Å². The highest BCUT2D eigenvalue weighted by molar-refractivity contribution is 9.10. The summed E-state index contributed by atoms with van der Waals surface area (Å²) in [5.74, 6) is -0.243. The second-order valence-corrected chi connectivity index (χ2v) is 5.97. The molecule has 0 saturated heterocycles. The zero-order valence-corrected chi connectivity index (χ0v) is 12.9. The fourth-order valence-corrected chi connectivity index (χ4v) is 2.11. The molecule has 1 unspecified atom stereocenters. The molecule has 0 fully saturated rings. The van der Waals surface area contributed by atoms with Crippen molar-refractivity contribution in [1.29, 1.82) is 0 Å². The van der Waals surface area contributed by atoms with Crippen LogP contribution in [-0.4, -0.2) is 15.0 Å². The number of hydrogen-bond donors (Lipinski definition) is 0. The first-order valence-corrected chi connectivity index (χ1v) is 7.29. The van der Waals surface area contributed by atoms with Gasteiger partial charge in [-0.2, -0.15) is 0 Å². The lowest BCUT2D eigenvalue weighted by atomic mass is 10.2. The molecule has 1 aromatic carbocycles. The molecule has 0 aliphatic rings. The number of rotatable bonds is 4. The lowest BCUT2D eigenvalue weighted by Gasteiger charge is -2.03. The summed E-state index contributed by atoms with van der Waals surface area (Å²) < 4.78 is 16.0. The molecule has 0 saturated carbocycles.